The van der Waals surface area contributed by atoms with Crippen LogP contribution in [0.3, 0.4) is 0 Å². The maximum atomic E-state index is 11.7. The minimum absolute atomic E-state index is 0.315. The molecule has 0 aliphatic rings. The average Bonchev–Trinajstić information content (AvgIpc) is 2.37. The summed E-state index contributed by atoms with van der Waals surface area (Å²) in [6, 6.07) is 3.83. The van der Waals surface area contributed by atoms with E-state index in [1.54, 1.807) is 19.9 Å². The van der Waals surface area contributed by atoms with Gasteiger partial charge in [0.25, 0.3) is 0 Å². The van der Waals surface area contributed by atoms with Crippen molar-refractivity contribution in [3.05, 3.63) is 32.2 Å². The minimum Gasteiger partial charge on any atom is -0.492 e. The Bertz CT molecular complexity index is 510. The van der Waals surface area contributed by atoms with Gasteiger partial charge in [0.1, 0.15) is 5.75 Å². The van der Waals surface area contributed by atoms with Gasteiger partial charge < -0.3 is 9.47 Å². The molecule has 20 heavy (non-hydrogen) atoms. The molecule has 0 radical (unpaired) electrons. The third-order valence-electron chi connectivity index (χ3n) is 2.46. The van der Waals surface area contributed by atoms with Crippen molar-refractivity contribution in [2.45, 2.75) is 27.2 Å². The molecule has 0 saturated heterocycles. The van der Waals surface area contributed by atoms with Crippen molar-refractivity contribution < 1.29 is 14.3 Å². The summed E-state index contributed by atoms with van der Waals surface area (Å²) in [6.45, 7) is 6.56. The number of carbonyl (C=O) groups is 1. The van der Waals surface area contributed by atoms with Crippen molar-refractivity contribution in [2.24, 2.45) is 0 Å². The van der Waals surface area contributed by atoms with Gasteiger partial charge in [-0.05, 0) is 54.4 Å². The van der Waals surface area contributed by atoms with E-state index < -0.39 is 0 Å². The highest BCUT2D eigenvalue weighted by Crippen LogP contribution is 2.34. The van der Waals surface area contributed by atoms with E-state index in [1.807, 2.05) is 19.1 Å². The molecule has 0 N–H and O–H groups in total. The Hall–Kier alpha value is -0.810. The van der Waals surface area contributed by atoms with Crippen LogP contribution in [0.4, 0.5) is 0 Å². The van der Waals surface area contributed by atoms with Gasteiger partial charge in [-0.3, -0.25) is 0 Å². The second-order valence-electron chi connectivity index (χ2n) is 4.20. The Morgan fingerprint density at radius 1 is 1.30 bits per heavy atom. The zero-order chi connectivity index (χ0) is 15.1. The van der Waals surface area contributed by atoms with Crippen LogP contribution in [0.2, 0.25) is 0 Å². The first-order valence-corrected chi connectivity index (χ1v) is 8.05. The second kappa shape index (κ2) is 8.47. The van der Waals surface area contributed by atoms with E-state index in [2.05, 4.69) is 31.9 Å². The molecule has 1 rings (SSSR count). The monoisotopic (exact) mass is 404 g/mol. The fourth-order valence-electron chi connectivity index (χ4n) is 1.58. The molecule has 0 spiro atoms. The molecule has 0 saturated carbocycles. The van der Waals surface area contributed by atoms with Gasteiger partial charge in [0.15, 0.2) is 0 Å². The van der Waals surface area contributed by atoms with Crippen molar-refractivity contribution in [2.75, 3.05) is 13.2 Å². The molecule has 1 aromatic rings. The molecule has 3 nitrogen and oxygen atoms in total. The molecular weight excluding hydrogens is 388 g/mol. The van der Waals surface area contributed by atoms with Crippen molar-refractivity contribution in [1.82, 2.24) is 0 Å². The summed E-state index contributed by atoms with van der Waals surface area (Å²) in [5.41, 5.74) is 1.38. The molecule has 0 heterocycles. The molecule has 0 unspecified atom stereocenters. The third kappa shape index (κ3) is 4.94. The van der Waals surface area contributed by atoms with Crippen molar-refractivity contribution in [3.8, 4) is 5.75 Å². The van der Waals surface area contributed by atoms with Crippen LogP contribution in [0, 0.1) is 0 Å². The highest BCUT2D eigenvalue weighted by atomic mass is 79.9. The first kappa shape index (κ1) is 17.2. The van der Waals surface area contributed by atoms with Crippen molar-refractivity contribution >= 4 is 43.9 Å². The lowest BCUT2D eigenvalue weighted by Gasteiger charge is -2.12. The van der Waals surface area contributed by atoms with Crippen LogP contribution < -0.4 is 4.74 Å². The van der Waals surface area contributed by atoms with Gasteiger partial charge in [0.2, 0.25) is 0 Å². The maximum Gasteiger partial charge on any atom is 0.333 e. The van der Waals surface area contributed by atoms with Crippen LogP contribution in [-0.2, 0) is 9.53 Å². The van der Waals surface area contributed by atoms with Crippen LogP contribution in [0.5, 0.6) is 5.75 Å². The average molecular weight is 406 g/mol. The summed E-state index contributed by atoms with van der Waals surface area (Å²) in [5.74, 6) is 0.420. The maximum absolute atomic E-state index is 11.7. The number of hydrogen-bond acceptors (Lipinski definition) is 3. The first-order chi connectivity index (χ1) is 9.49. The molecule has 5 heteroatoms. The van der Waals surface area contributed by atoms with Crippen molar-refractivity contribution in [3.63, 3.8) is 0 Å². The molecule has 0 atom stereocenters. The van der Waals surface area contributed by atoms with Crippen LogP contribution in [0.1, 0.15) is 32.8 Å². The van der Waals surface area contributed by atoms with E-state index in [1.165, 1.54) is 0 Å². The van der Waals surface area contributed by atoms with Gasteiger partial charge in [-0.15, -0.1) is 0 Å². The summed E-state index contributed by atoms with van der Waals surface area (Å²) in [5, 5.41) is 0. The Morgan fingerprint density at radius 3 is 2.60 bits per heavy atom. The van der Waals surface area contributed by atoms with Gasteiger partial charge >= 0.3 is 5.97 Å². The largest absolute Gasteiger partial charge is 0.492 e. The number of carbonyl (C=O) groups excluding carboxylic acids is 1. The lowest BCUT2D eigenvalue weighted by Crippen LogP contribution is -2.05. The summed E-state index contributed by atoms with van der Waals surface area (Å²) in [6.07, 6.45) is 2.70. The number of rotatable bonds is 6. The predicted octanol–water partition coefficient (Wildman–Crippen LogP) is 4.97. The van der Waals surface area contributed by atoms with E-state index in [0.717, 1.165) is 26.7 Å². The number of esters is 1. The van der Waals surface area contributed by atoms with Crippen LogP contribution in [-0.4, -0.2) is 19.2 Å². The Kier molecular flexibility index (Phi) is 7.30. The molecule has 0 aromatic heterocycles. The van der Waals surface area contributed by atoms with Crippen LogP contribution >= 0.6 is 31.9 Å². The van der Waals surface area contributed by atoms with E-state index in [4.69, 9.17) is 9.47 Å². The second-order valence-corrected chi connectivity index (χ2v) is 5.97. The fourth-order valence-corrected chi connectivity index (χ4v) is 2.95. The van der Waals surface area contributed by atoms with Gasteiger partial charge in [-0.1, -0.05) is 22.9 Å². The lowest BCUT2D eigenvalue weighted by atomic mass is 10.1. The molecule has 0 aliphatic heterocycles. The van der Waals surface area contributed by atoms with E-state index in [0.29, 0.717) is 18.8 Å². The molecule has 0 bridgehead atoms. The number of hydrogen-bond donors (Lipinski definition) is 0. The summed E-state index contributed by atoms with van der Waals surface area (Å²) in [4.78, 5) is 11.7. The first-order valence-electron chi connectivity index (χ1n) is 6.46. The highest BCUT2D eigenvalue weighted by molar-refractivity contribution is 9.11. The molecule has 110 valence electrons. The summed E-state index contributed by atoms with van der Waals surface area (Å²) >= 11 is 6.93. The van der Waals surface area contributed by atoms with Gasteiger partial charge in [-0.25, -0.2) is 4.79 Å². The molecular formula is C15H18Br2O3. The molecule has 1 aromatic carbocycles. The number of halogens is 2. The van der Waals surface area contributed by atoms with Crippen LogP contribution in [0.15, 0.2) is 26.7 Å². The smallest absolute Gasteiger partial charge is 0.333 e. The standard InChI is InChI=1S/C15H18Br2O3/c1-4-6-20-14-11(8-12(16)9-13(14)17)7-10(3)15(18)19-5-2/h7-9H,4-6H2,1-3H3/b10-7-. The Morgan fingerprint density at radius 2 is 2.00 bits per heavy atom. The topological polar surface area (TPSA) is 35.5 Å². The third-order valence-corrected chi connectivity index (χ3v) is 3.50. The quantitative estimate of drug-likeness (QED) is 0.495. The van der Waals surface area contributed by atoms with Gasteiger partial charge in [0.05, 0.1) is 17.7 Å². The number of ether oxygens (including phenoxy) is 2. The zero-order valence-electron chi connectivity index (χ0n) is 11.8. The van der Waals surface area contributed by atoms with Crippen molar-refractivity contribution in [1.29, 1.82) is 0 Å². The molecule has 0 fully saturated rings. The predicted molar refractivity (Wildman–Crippen MR) is 87.9 cm³/mol. The Labute approximate surface area is 136 Å². The highest BCUT2D eigenvalue weighted by Gasteiger charge is 2.11. The number of benzene rings is 1. The molecule has 0 aliphatic carbocycles. The fraction of sp³-hybridized carbons (Fsp3) is 0.400. The van der Waals surface area contributed by atoms with E-state index in [9.17, 15) is 4.79 Å². The SMILES string of the molecule is CCCOc1c(Br)cc(Br)cc1/C=C(/C)C(=O)OCC. The van der Waals surface area contributed by atoms with Crippen LogP contribution in [0.25, 0.3) is 6.08 Å². The normalized spacial score (nSPS) is 11.3. The summed E-state index contributed by atoms with van der Waals surface area (Å²) < 4.78 is 12.5. The Balaban J connectivity index is 3.14. The van der Waals surface area contributed by atoms with Gasteiger partial charge in [-0.2, -0.15) is 0 Å². The van der Waals surface area contributed by atoms with E-state index >= 15 is 0 Å². The van der Waals surface area contributed by atoms with Gasteiger partial charge in [0, 0.05) is 15.6 Å². The van der Waals surface area contributed by atoms with E-state index in [-0.39, 0.29) is 5.97 Å². The minimum atomic E-state index is -0.315. The zero-order valence-corrected chi connectivity index (χ0v) is 15.0. The lowest BCUT2D eigenvalue weighted by molar-refractivity contribution is -0.138. The summed E-state index contributed by atoms with van der Waals surface area (Å²) in [7, 11) is 0. The molecule has 0 amide bonds.